The molecule has 3 aromatic heterocycles. The summed E-state index contributed by atoms with van der Waals surface area (Å²) in [5.41, 5.74) is 5.44. The number of carbonyl (C=O) groups is 2. The second-order valence-corrected chi connectivity index (χ2v) is 16.5. The summed E-state index contributed by atoms with van der Waals surface area (Å²) in [5, 5.41) is 25.0. The molecule has 7 rings (SSSR count). The minimum Gasteiger partial charge on any atom is -0.461 e. The molecule has 2 saturated heterocycles. The van der Waals surface area contributed by atoms with Gasteiger partial charge in [0, 0.05) is 55.0 Å². The smallest absolute Gasteiger partial charge is 0.359 e. The molecule has 0 radical (unpaired) electrons. The van der Waals surface area contributed by atoms with Crippen molar-refractivity contribution in [2.75, 3.05) is 74.9 Å². The summed E-state index contributed by atoms with van der Waals surface area (Å²) in [4.78, 5) is 41.6. The van der Waals surface area contributed by atoms with Gasteiger partial charge < -0.3 is 35.1 Å². The number of amides is 1. The van der Waals surface area contributed by atoms with E-state index >= 15 is 0 Å². The van der Waals surface area contributed by atoms with Crippen molar-refractivity contribution < 1.29 is 14.3 Å². The van der Waals surface area contributed by atoms with E-state index in [9.17, 15) is 14.9 Å². The Labute approximate surface area is 358 Å². The van der Waals surface area contributed by atoms with Crippen LogP contribution in [0.15, 0.2) is 55.0 Å². The number of imidazole rings is 2. The van der Waals surface area contributed by atoms with Gasteiger partial charge in [-0.1, -0.05) is 18.8 Å². The van der Waals surface area contributed by atoms with E-state index in [1.54, 1.807) is 23.8 Å². The van der Waals surface area contributed by atoms with E-state index in [2.05, 4.69) is 53.6 Å². The minimum absolute atomic E-state index is 0.0722. The van der Waals surface area contributed by atoms with Crippen LogP contribution in [0, 0.1) is 37.0 Å². The Bertz CT molecular complexity index is 2470. The molecule has 0 saturated carbocycles. The van der Waals surface area contributed by atoms with Crippen LogP contribution in [0.1, 0.15) is 108 Å². The number of anilines is 3. The predicted octanol–water partition coefficient (Wildman–Crippen LogP) is 6.96. The number of aryl methyl sites for hydroxylation is 2. The van der Waals surface area contributed by atoms with Crippen molar-refractivity contribution in [1.29, 1.82) is 5.26 Å². The lowest BCUT2D eigenvalue weighted by molar-refractivity contribution is 0.0519. The van der Waals surface area contributed by atoms with Gasteiger partial charge in [-0.2, -0.15) is 5.26 Å². The van der Waals surface area contributed by atoms with Crippen LogP contribution in [0.2, 0.25) is 0 Å². The van der Waals surface area contributed by atoms with E-state index < -0.39 is 11.4 Å². The highest BCUT2D eigenvalue weighted by Gasteiger charge is 2.24. The van der Waals surface area contributed by atoms with Crippen LogP contribution in [0.4, 0.5) is 17.2 Å². The summed E-state index contributed by atoms with van der Waals surface area (Å²) in [6.45, 7) is 17.0. The van der Waals surface area contributed by atoms with Gasteiger partial charge in [0.05, 0.1) is 35.7 Å². The van der Waals surface area contributed by atoms with Gasteiger partial charge in [-0.3, -0.25) is 4.79 Å². The Balaban J connectivity index is 1.23. The number of nitriles is 1. The number of hydrogen-bond donors (Lipinski definition) is 3. The number of piperidine rings is 2. The first kappa shape index (κ1) is 42.9. The number of fused-ring (bicyclic) bond motifs is 1. The fourth-order valence-electron chi connectivity index (χ4n) is 7.86. The lowest BCUT2D eigenvalue weighted by atomic mass is 9.86. The first-order valence-corrected chi connectivity index (χ1v) is 21.6. The molecule has 0 bridgehead atoms. The number of rotatable bonds is 14. The number of nitrogens with one attached hydrogen (secondary N) is 3. The third-order valence-electron chi connectivity index (χ3n) is 11.4. The highest BCUT2D eigenvalue weighted by molar-refractivity contribution is 6.08. The third kappa shape index (κ3) is 10.6. The number of nitrogens with zero attached hydrogens (tertiary/aromatic N) is 8. The maximum atomic E-state index is 14.5. The Kier molecular flexibility index (Phi) is 13.7. The average Bonchev–Trinajstić information content (AvgIpc) is 3.87. The number of likely N-dealkylation sites (tertiary alicyclic amines) is 2. The SMILES string of the molecule is CCOC(=O)c1nc2ccc(NCCN3CCCCC3)nn2c1C#Cc1cc(C(=O)Nc2cc(-n3cnc(C)c3)cc(C(C)(C)C#N)c2)c(NCCN2CCCCC2)cc1C. The number of hydrogen-bond acceptors (Lipinski definition) is 11. The quantitative estimate of drug-likeness (QED) is 0.0786. The van der Waals surface area contributed by atoms with Gasteiger partial charge in [0.25, 0.3) is 5.91 Å². The van der Waals surface area contributed by atoms with Gasteiger partial charge in [0.15, 0.2) is 17.0 Å². The normalized spacial score (nSPS) is 14.8. The molecule has 0 atom stereocenters. The Hall–Kier alpha value is -6.22. The fourth-order valence-corrected chi connectivity index (χ4v) is 7.86. The van der Waals surface area contributed by atoms with Crippen molar-refractivity contribution in [2.45, 2.75) is 78.6 Å². The van der Waals surface area contributed by atoms with Crippen molar-refractivity contribution in [1.82, 2.24) is 33.9 Å². The second-order valence-electron chi connectivity index (χ2n) is 16.5. The molecule has 1 amide bonds. The topological polar surface area (TPSA) is 158 Å². The first-order chi connectivity index (χ1) is 29.5. The third-order valence-corrected chi connectivity index (χ3v) is 11.4. The molecule has 0 spiro atoms. The van der Waals surface area contributed by atoms with Crippen molar-refractivity contribution in [3.05, 3.63) is 94.3 Å². The van der Waals surface area contributed by atoms with E-state index in [4.69, 9.17) is 9.84 Å². The highest BCUT2D eigenvalue weighted by Crippen LogP contribution is 2.30. The number of esters is 1. The molecule has 2 aliphatic heterocycles. The zero-order chi connectivity index (χ0) is 42.9. The Morgan fingerprint density at radius 3 is 2.25 bits per heavy atom. The van der Waals surface area contributed by atoms with E-state index in [1.807, 2.05) is 74.9 Å². The average molecular weight is 824 g/mol. The van der Waals surface area contributed by atoms with Gasteiger partial charge >= 0.3 is 5.97 Å². The lowest BCUT2D eigenvalue weighted by Gasteiger charge is -2.26. The molecule has 0 aliphatic carbocycles. The zero-order valence-corrected chi connectivity index (χ0v) is 36.1. The van der Waals surface area contributed by atoms with Crippen LogP contribution < -0.4 is 16.0 Å². The van der Waals surface area contributed by atoms with E-state index in [0.717, 1.165) is 68.3 Å². The molecule has 3 N–H and O–H groups in total. The van der Waals surface area contributed by atoms with Gasteiger partial charge in [0.1, 0.15) is 5.82 Å². The standard InChI is InChI=1S/C47H57N11O3/c1-6-61-46(60)44-41(58-43(53-44)16-15-42(54-58)50-18-24-56-21-11-8-12-22-56)14-13-35-26-39(40(25-33(35)2)49-17-23-55-19-9-7-10-20-55)45(59)52-37-27-36(47(4,5)31-48)28-38(29-37)57-30-34(3)51-32-57/h15-16,25-30,32,49H,6-12,17-24H2,1-5H3,(H,50,54)(H,52,59). The molecule has 5 heterocycles. The summed E-state index contributed by atoms with van der Waals surface area (Å²) < 4.78 is 8.85. The minimum atomic E-state index is -0.822. The summed E-state index contributed by atoms with van der Waals surface area (Å²) >= 11 is 0. The summed E-state index contributed by atoms with van der Waals surface area (Å²) in [6.07, 6.45) is 11.0. The maximum absolute atomic E-state index is 14.5. The number of benzene rings is 2. The first-order valence-electron chi connectivity index (χ1n) is 21.6. The molecule has 61 heavy (non-hydrogen) atoms. The van der Waals surface area contributed by atoms with Gasteiger partial charge in [-0.05, 0) is 146 Å². The summed E-state index contributed by atoms with van der Waals surface area (Å²) in [7, 11) is 0. The van der Waals surface area contributed by atoms with Crippen molar-refractivity contribution in [3.63, 3.8) is 0 Å². The Morgan fingerprint density at radius 2 is 1.59 bits per heavy atom. The predicted molar refractivity (Wildman–Crippen MR) is 239 cm³/mol. The zero-order valence-electron chi connectivity index (χ0n) is 36.1. The lowest BCUT2D eigenvalue weighted by Crippen LogP contribution is -2.34. The maximum Gasteiger partial charge on any atom is 0.359 e. The summed E-state index contributed by atoms with van der Waals surface area (Å²) in [6, 6.07) is 15.5. The highest BCUT2D eigenvalue weighted by atomic mass is 16.5. The molecule has 2 aromatic carbocycles. The monoisotopic (exact) mass is 823 g/mol. The fraction of sp³-hybridized carbons (Fsp3) is 0.447. The van der Waals surface area contributed by atoms with Crippen LogP contribution in [0.3, 0.4) is 0 Å². The van der Waals surface area contributed by atoms with Crippen LogP contribution in [0.5, 0.6) is 0 Å². The largest absolute Gasteiger partial charge is 0.461 e. The van der Waals surface area contributed by atoms with Crippen molar-refractivity contribution >= 4 is 34.7 Å². The molecule has 14 heteroatoms. The molecular formula is C47H57N11O3. The molecular weight excluding hydrogens is 767 g/mol. The van der Waals surface area contributed by atoms with Gasteiger partial charge in [-0.25, -0.2) is 19.3 Å². The van der Waals surface area contributed by atoms with Crippen LogP contribution in [-0.4, -0.2) is 105 Å². The molecule has 2 fully saturated rings. The van der Waals surface area contributed by atoms with Crippen molar-refractivity contribution in [3.8, 4) is 23.6 Å². The molecule has 5 aromatic rings. The molecule has 0 unspecified atom stereocenters. The van der Waals surface area contributed by atoms with Gasteiger partial charge in [0.2, 0.25) is 0 Å². The number of aromatic nitrogens is 5. The Morgan fingerprint density at radius 1 is 0.885 bits per heavy atom. The van der Waals surface area contributed by atoms with Crippen LogP contribution in [-0.2, 0) is 10.2 Å². The van der Waals surface area contributed by atoms with Crippen LogP contribution in [0.25, 0.3) is 11.3 Å². The van der Waals surface area contributed by atoms with E-state index in [1.165, 1.54) is 38.5 Å². The van der Waals surface area contributed by atoms with Crippen LogP contribution >= 0.6 is 0 Å². The number of carbonyl (C=O) groups excluding carboxylic acids is 2. The second kappa shape index (κ2) is 19.4. The van der Waals surface area contributed by atoms with E-state index in [-0.39, 0.29) is 18.2 Å². The summed E-state index contributed by atoms with van der Waals surface area (Å²) in [5.74, 6) is 6.18. The van der Waals surface area contributed by atoms with E-state index in [0.29, 0.717) is 46.2 Å². The van der Waals surface area contributed by atoms with Gasteiger partial charge in [-0.15, -0.1) is 5.10 Å². The number of ether oxygens (including phenoxy) is 1. The molecule has 318 valence electrons. The molecule has 2 aliphatic rings. The molecule has 14 nitrogen and oxygen atoms in total. The van der Waals surface area contributed by atoms with Crippen molar-refractivity contribution in [2.24, 2.45) is 0 Å².